The van der Waals surface area contributed by atoms with Gasteiger partial charge in [-0.1, -0.05) is 30.3 Å². The highest BCUT2D eigenvalue weighted by Crippen LogP contribution is 2.25. The third-order valence-electron chi connectivity index (χ3n) is 3.86. The number of nitrogens with zero attached hydrogens (tertiary/aromatic N) is 1. The Morgan fingerprint density at radius 3 is 2.70 bits per heavy atom. The highest BCUT2D eigenvalue weighted by atomic mass is 19.1. The van der Waals surface area contributed by atoms with E-state index < -0.39 is 17.8 Å². The van der Waals surface area contributed by atoms with Crippen molar-refractivity contribution in [2.75, 3.05) is 6.54 Å². The molecular weight excluding hydrogens is 295 g/mol. The van der Waals surface area contributed by atoms with Gasteiger partial charge in [-0.25, -0.2) is 4.39 Å². The number of aliphatic hydroxyl groups is 1. The molecule has 3 rings (SSSR count). The molecule has 0 bridgehead atoms. The number of benzene rings is 2. The summed E-state index contributed by atoms with van der Waals surface area (Å²) in [6.45, 7) is 0.0151. The van der Waals surface area contributed by atoms with Gasteiger partial charge in [0, 0.05) is 36.3 Å². The predicted molar refractivity (Wildman–Crippen MR) is 86.6 cm³/mol. The number of hydrogen-bond donors (Lipinski definition) is 2. The largest absolute Gasteiger partial charge is 0.386 e. The van der Waals surface area contributed by atoms with E-state index in [1.807, 2.05) is 42.1 Å². The van der Waals surface area contributed by atoms with E-state index in [0.717, 1.165) is 16.5 Å². The second-order valence-corrected chi connectivity index (χ2v) is 5.42. The van der Waals surface area contributed by atoms with Crippen LogP contribution >= 0.6 is 0 Å². The van der Waals surface area contributed by atoms with Crippen LogP contribution in [0.15, 0.2) is 54.7 Å². The minimum Gasteiger partial charge on any atom is -0.386 e. The molecule has 3 aromatic rings. The molecule has 0 saturated carbocycles. The van der Waals surface area contributed by atoms with Gasteiger partial charge >= 0.3 is 0 Å². The minimum atomic E-state index is -0.864. The topological polar surface area (TPSA) is 54.3 Å². The van der Waals surface area contributed by atoms with E-state index in [9.17, 15) is 14.3 Å². The molecule has 1 heterocycles. The maximum Gasteiger partial charge on any atom is 0.254 e. The number of halogens is 1. The van der Waals surface area contributed by atoms with Crippen LogP contribution in [0.1, 0.15) is 22.0 Å². The molecule has 118 valence electrons. The zero-order chi connectivity index (χ0) is 16.4. The van der Waals surface area contributed by atoms with Crippen LogP contribution in [0.2, 0.25) is 0 Å². The molecule has 0 fully saturated rings. The second kappa shape index (κ2) is 6.22. The molecule has 4 nitrogen and oxygen atoms in total. The lowest BCUT2D eigenvalue weighted by molar-refractivity contribution is 0.0913. The van der Waals surface area contributed by atoms with Gasteiger partial charge < -0.3 is 15.0 Å². The van der Waals surface area contributed by atoms with Gasteiger partial charge in [0.1, 0.15) is 5.82 Å². The Hall–Kier alpha value is -2.66. The molecule has 0 radical (unpaired) electrons. The van der Waals surface area contributed by atoms with Gasteiger partial charge in [0.2, 0.25) is 0 Å². The first-order valence-electron chi connectivity index (χ1n) is 7.32. The lowest BCUT2D eigenvalue weighted by atomic mass is 10.1. The Morgan fingerprint density at radius 1 is 1.22 bits per heavy atom. The highest BCUT2D eigenvalue weighted by molar-refractivity contribution is 5.94. The monoisotopic (exact) mass is 312 g/mol. The average molecular weight is 312 g/mol. The fourth-order valence-electron chi connectivity index (χ4n) is 2.68. The van der Waals surface area contributed by atoms with Crippen molar-refractivity contribution in [2.45, 2.75) is 6.10 Å². The molecule has 0 aliphatic heterocycles. The molecule has 1 unspecified atom stereocenters. The fraction of sp³-hybridized carbons (Fsp3) is 0.167. The predicted octanol–water partition coefficient (Wildman–Crippen LogP) is 2.78. The summed E-state index contributed by atoms with van der Waals surface area (Å²) in [5.41, 5.74) is 1.71. The summed E-state index contributed by atoms with van der Waals surface area (Å²) in [6.07, 6.45) is 0.974. The zero-order valence-corrected chi connectivity index (χ0v) is 12.7. The summed E-state index contributed by atoms with van der Waals surface area (Å²) < 4.78 is 15.5. The molecule has 1 amide bonds. The number of carbonyl (C=O) groups excluding carboxylic acids is 1. The van der Waals surface area contributed by atoms with Gasteiger partial charge in [-0.3, -0.25) is 4.79 Å². The van der Waals surface area contributed by atoms with Crippen LogP contribution in [0, 0.1) is 5.82 Å². The first-order chi connectivity index (χ1) is 11.1. The van der Waals surface area contributed by atoms with Crippen LogP contribution in [0.5, 0.6) is 0 Å². The van der Waals surface area contributed by atoms with E-state index in [4.69, 9.17) is 0 Å². The maximum atomic E-state index is 13.6. The Morgan fingerprint density at radius 2 is 1.91 bits per heavy atom. The molecule has 2 aromatic carbocycles. The Balaban J connectivity index is 1.75. The van der Waals surface area contributed by atoms with Gasteiger partial charge in [-0.05, 0) is 18.2 Å². The average Bonchev–Trinajstić information content (AvgIpc) is 2.90. The number of aromatic nitrogens is 1. The van der Waals surface area contributed by atoms with E-state index in [0.29, 0.717) is 0 Å². The van der Waals surface area contributed by atoms with Gasteiger partial charge in [0.05, 0.1) is 11.7 Å². The highest BCUT2D eigenvalue weighted by Gasteiger charge is 2.17. The van der Waals surface area contributed by atoms with Crippen molar-refractivity contribution in [2.24, 2.45) is 7.05 Å². The summed E-state index contributed by atoms with van der Waals surface area (Å²) >= 11 is 0. The van der Waals surface area contributed by atoms with Gasteiger partial charge in [0.15, 0.2) is 0 Å². The van der Waals surface area contributed by atoms with E-state index in [-0.39, 0.29) is 12.1 Å². The normalized spacial score (nSPS) is 12.3. The van der Waals surface area contributed by atoms with Crippen molar-refractivity contribution in [3.63, 3.8) is 0 Å². The number of rotatable bonds is 4. The van der Waals surface area contributed by atoms with Gasteiger partial charge in [0.25, 0.3) is 5.91 Å². The fourth-order valence-corrected chi connectivity index (χ4v) is 2.68. The minimum absolute atomic E-state index is 0.0151. The maximum absolute atomic E-state index is 13.6. The van der Waals surface area contributed by atoms with Crippen LogP contribution in [-0.2, 0) is 7.05 Å². The Labute approximate surface area is 133 Å². The lowest BCUT2D eigenvalue weighted by Gasteiger charge is -2.11. The quantitative estimate of drug-likeness (QED) is 0.778. The number of para-hydroxylation sites is 1. The molecule has 5 heteroatoms. The van der Waals surface area contributed by atoms with Crippen molar-refractivity contribution in [1.82, 2.24) is 9.88 Å². The SMILES string of the molecule is Cn1cc(C(O)CNC(=O)c2ccccc2F)c2ccccc21. The molecule has 1 aromatic heterocycles. The second-order valence-electron chi connectivity index (χ2n) is 5.42. The lowest BCUT2D eigenvalue weighted by Crippen LogP contribution is -2.29. The summed E-state index contributed by atoms with van der Waals surface area (Å²) in [5.74, 6) is -1.12. The van der Waals surface area contributed by atoms with E-state index in [1.54, 1.807) is 6.07 Å². The molecule has 0 aliphatic carbocycles. The van der Waals surface area contributed by atoms with Crippen LogP contribution in [0.25, 0.3) is 10.9 Å². The molecule has 0 saturated heterocycles. The summed E-state index contributed by atoms with van der Waals surface area (Å²) in [5, 5.41) is 13.9. The summed E-state index contributed by atoms with van der Waals surface area (Å²) in [6, 6.07) is 13.5. The Kier molecular flexibility index (Phi) is 4.12. The third kappa shape index (κ3) is 2.96. The van der Waals surface area contributed by atoms with Crippen molar-refractivity contribution in [3.8, 4) is 0 Å². The van der Waals surface area contributed by atoms with Gasteiger partial charge in [-0.15, -0.1) is 0 Å². The molecule has 23 heavy (non-hydrogen) atoms. The molecule has 2 N–H and O–H groups in total. The Bertz CT molecular complexity index is 857. The van der Waals surface area contributed by atoms with Crippen molar-refractivity contribution >= 4 is 16.8 Å². The molecule has 1 atom stereocenters. The first kappa shape index (κ1) is 15.2. The van der Waals surface area contributed by atoms with E-state index in [1.165, 1.54) is 18.2 Å². The summed E-state index contributed by atoms with van der Waals surface area (Å²) in [4.78, 5) is 12.0. The number of aryl methyl sites for hydroxylation is 1. The van der Waals surface area contributed by atoms with Crippen LogP contribution in [0.4, 0.5) is 4.39 Å². The number of hydrogen-bond acceptors (Lipinski definition) is 2. The molecule has 0 aliphatic rings. The molecular formula is C18H17FN2O2. The van der Waals surface area contributed by atoms with E-state index in [2.05, 4.69) is 5.32 Å². The number of fused-ring (bicyclic) bond motifs is 1. The molecule has 0 spiro atoms. The van der Waals surface area contributed by atoms with E-state index >= 15 is 0 Å². The standard InChI is InChI=1S/C18H17FN2O2/c1-21-11-14(12-6-3-5-9-16(12)21)17(22)10-20-18(23)13-7-2-4-8-15(13)19/h2-9,11,17,22H,10H2,1H3,(H,20,23). The van der Waals surface area contributed by atoms with Gasteiger partial charge in [-0.2, -0.15) is 0 Å². The zero-order valence-electron chi connectivity index (χ0n) is 12.7. The number of aliphatic hydroxyl groups excluding tert-OH is 1. The van der Waals surface area contributed by atoms with Crippen molar-refractivity contribution < 1.29 is 14.3 Å². The number of amides is 1. The van der Waals surface area contributed by atoms with Crippen molar-refractivity contribution in [1.29, 1.82) is 0 Å². The summed E-state index contributed by atoms with van der Waals surface area (Å²) in [7, 11) is 1.90. The number of carbonyl (C=O) groups is 1. The van der Waals surface area contributed by atoms with Crippen LogP contribution in [-0.4, -0.2) is 22.1 Å². The van der Waals surface area contributed by atoms with Crippen molar-refractivity contribution in [3.05, 3.63) is 71.7 Å². The smallest absolute Gasteiger partial charge is 0.254 e. The number of nitrogens with one attached hydrogen (secondary N) is 1. The van der Waals surface area contributed by atoms with Crippen LogP contribution < -0.4 is 5.32 Å². The first-order valence-corrected chi connectivity index (χ1v) is 7.32. The van der Waals surface area contributed by atoms with Crippen LogP contribution in [0.3, 0.4) is 0 Å². The third-order valence-corrected chi connectivity index (χ3v) is 3.86.